The number of alkyl halides is 1. The lowest BCUT2D eigenvalue weighted by atomic mass is 9.97. The van der Waals surface area contributed by atoms with Crippen molar-refractivity contribution in [2.45, 2.75) is 25.8 Å². The smallest absolute Gasteiger partial charge is 0.478 e. The Balaban J connectivity index is -0.000000252. The number of aliphatic hydroxyl groups excluding tert-OH is 1. The normalized spacial score (nSPS) is 10.8. The van der Waals surface area contributed by atoms with Gasteiger partial charge in [-0.2, -0.15) is 0 Å². The fourth-order valence-electron chi connectivity index (χ4n) is 0.267. The number of rotatable bonds is 4. The number of hydrogen-bond acceptors (Lipinski definition) is 6. The average Bonchev–Trinajstić information content (AvgIpc) is 2.37. The second-order valence-electron chi connectivity index (χ2n) is 4.27. The van der Waals surface area contributed by atoms with Gasteiger partial charge in [0.05, 0.1) is 22.9 Å². The van der Waals surface area contributed by atoms with Crippen molar-refractivity contribution in [1.29, 1.82) is 0 Å². The molecule has 130 valence electrons. The van der Waals surface area contributed by atoms with Crippen molar-refractivity contribution in [3.05, 3.63) is 12.2 Å². The van der Waals surface area contributed by atoms with Gasteiger partial charge in [-0.25, -0.2) is 14.4 Å². The van der Waals surface area contributed by atoms with Gasteiger partial charge in [0.15, 0.2) is 0 Å². The maximum atomic E-state index is 9.60. The maximum Gasteiger partial charge on any atom is 0.516 e. The van der Waals surface area contributed by atoms with E-state index in [1.807, 2.05) is 13.8 Å². The Morgan fingerprint density at radius 3 is 1.55 bits per heavy atom. The SMILES string of the molecule is C=C(C)C(=O)O.CC(C)(CO)C(Br)OBr.O=C(O)OC(=O)O. The first-order valence-corrected chi connectivity index (χ1v) is 6.92. The van der Waals surface area contributed by atoms with Crippen LogP contribution in [0.4, 0.5) is 9.59 Å². The van der Waals surface area contributed by atoms with Gasteiger partial charge >= 0.3 is 18.3 Å². The molecule has 11 heteroatoms. The van der Waals surface area contributed by atoms with Crippen LogP contribution in [0.25, 0.3) is 0 Å². The predicted octanol–water partition coefficient (Wildman–Crippen LogP) is 3.06. The summed E-state index contributed by atoms with van der Waals surface area (Å²) in [5.74, 6) is -0.935. The number of ether oxygens (including phenoxy) is 1. The molecule has 4 N–H and O–H groups in total. The lowest BCUT2D eigenvalue weighted by Crippen LogP contribution is -2.28. The standard InChI is InChI=1S/C5H10Br2O2.C4H6O2.C2H2O5/c1-5(2,3-8)4(6)9-7;1-3(2)4(5)6;3-1(4)7-2(5)6/h4,8H,3H2,1-2H3;1H2,2H3,(H,5,6);(H,3,4)(H,5,6). The van der Waals surface area contributed by atoms with Crippen LogP contribution in [-0.4, -0.2) is 50.3 Å². The van der Waals surface area contributed by atoms with Crippen LogP contribution in [0.15, 0.2) is 12.2 Å². The monoisotopic (exact) mass is 452 g/mol. The van der Waals surface area contributed by atoms with Crippen molar-refractivity contribution < 1.29 is 43.4 Å². The molecule has 0 fully saturated rings. The van der Waals surface area contributed by atoms with Crippen molar-refractivity contribution in [1.82, 2.24) is 0 Å². The summed E-state index contributed by atoms with van der Waals surface area (Å²) in [6, 6.07) is 0. The van der Waals surface area contributed by atoms with Gasteiger partial charge in [-0.05, 0) is 6.92 Å². The van der Waals surface area contributed by atoms with Crippen LogP contribution >= 0.6 is 32.2 Å². The van der Waals surface area contributed by atoms with E-state index in [9.17, 15) is 14.4 Å². The van der Waals surface area contributed by atoms with E-state index < -0.39 is 18.3 Å². The van der Waals surface area contributed by atoms with Gasteiger partial charge in [0.1, 0.15) is 5.01 Å². The molecule has 0 saturated carbocycles. The minimum atomic E-state index is -1.81. The number of hydrogen-bond donors (Lipinski definition) is 4. The topological polar surface area (TPSA) is 151 Å². The van der Waals surface area contributed by atoms with E-state index in [2.05, 4.69) is 43.5 Å². The number of halogens is 2. The third-order valence-corrected chi connectivity index (χ3v) is 3.94. The Kier molecular flexibility index (Phi) is 15.8. The van der Waals surface area contributed by atoms with Gasteiger partial charge in [-0.15, -0.1) is 0 Å². The van der Waals surface area contributed by atoms with Crippen LogP contribution in [0, 0.1) is 5.41 Å². The van der Waals surface area contributed by atoms with Crippen LogP contribution in [0.2, 0.25) is 0 Å². The molecular weight excluding hydrogens is 436 g/mol. The average molecular weight is 454 g/mol. The molecular formula is C11H18Br2O9. The van der Waals surface area contributed by atoms with E-state index in [4.69, 9.17) is 24.3 Å². The Labute approximate surface area is 144 Å². The van der Waals surface area contributed by atoms with E-state index >= 15 is 0 Å². The second kappa shape index (κ2) is 13.5. The van der Waals surface area contributed by atoms with Crippen LogP contribution < -0.4 is 0 Å². The number of carboxylic acids is 1. The highest BCUT2D eigenvalue weighted by atomic mass is 79.9. The van der Waals surface area contributed by atoms with Crippen LogP contribution in [0.1, 0.15) is 20.8 Å². The highest BCUT2D eigenvalue weighted by Crippen LogP contribution is 2.28. The molecule has 0 saturated heterocycles. The second-order valence-corrected chi connectivity index (χ2v) is 5.48. The summed E-state index contributed by atoms with van der Waals surface area (Å²) in [5, 5.41) is 31.5. The molecule has 0 aliphatic heterocycles. The van der Waals surface area contributed by atoms with Gasteiger partial charge in [-0.1, -0.05) is 36.4 Å². The molecule has 0 bridgehead atoms. The van der Waals surface area contributed by atoms with E-state index in [0.29, 0.717) is 0 Å². The van der Waals surface area contributed by atoms with Crippen LogP contribution in [0.5, 0.6) is 0 Å². The molecule has 0 aromatic heterocycles. The summed E-state index contributed by atoms with van der Waals surface area (Å²) in [6.45, 7) is 8.49. The molecule has 0 aliphatic carbocycles. The summed E-state index contributed by atoms with van der Waals surface area (Å²) in [4.78, 5) is 28.0. The maximum absolute atomic E-state index is 9.60. The molecule has 0 radical (unpaired) electrons. The molecule has 0 aliphatic rings. The molecule has 0 aromatic rings. The van der Waals surface area contributed by atoms with Crippen molar-refractivity contribution in [2.75, 3.05) is 6.61 Å². The Hall–Kier alpha value is -1.17. The lowest BCUT2D eigenvalue weighted by molar-refractivity contribution is -0.132. The molecule has 1 atom stereocenters. The van der Waals surface area contributed by atoms with Crippen molar-refractivity contribution >= 4 is 50.5 Å². The predicted molar refractivity (Wildman–Crippen MR) is 83.2 cm³/mol. The number of aliphatic carboxylic acids is 1. The fourth-order valence-corrected chi connectivity index (χ4v) is 0.918. The van der Waals surface area contributed by atoms with Crippen molar-refractivity contribution in [3.8, 4) is 0 Å². The van der Waals surface area contributed by atoms with Crippen LogP contribution in [-0.2, 0) is 13.4 Å². The molecule has 0 spiro atoms. The van der Waals surface area contributed by atoms with Gasteiger partial charge in [0.2, 0.25) is 0 Å². The summed E-state index contributed by atoms with van der Waals surface area (Å²) >= 11 is 6.06. The molecule has 1 unspecified atom stereocenters. The molecule has 0 aromatic carbocycles. The molecule has 0 heterocycles. The first kappa shape index (κ1) is 25.8. The number of carboxylic acid groups (broad SMARTS) is 3. The van der Waals surface area contributed by atoms with Gasteiger partial charge in [0.25, 0.3) is 0 Å². The van der Waals surface area contributed by atoms with E-state index in [1.54, 1.807) is 0 Å². The minimum Gasteiger partial charge on any atom is -0.478 e. The first-order valence-electron chi connectivity index (χ1n) is 5.36. The molecule has 0 rings (SSSR count). The highest BCUT2D eigenvalue weighted by Gasteiger charge is 2.26. The molecule has 0 amide bonds. The Morgan fingerprint density at radius 2 is 1.50 bits per heavy atom. The summed E-state index contributed by atoms with van der Waals surface area (Å²) in [7, 11) is 0. The van der Waals surface area contributed by atoms with E-state index in [1.165, 1.54) is 6.92 Å². The minimum absolute atomic E-state index is 0.0918. The van der Waals surface area contributed by atoms with Crippen LogP contribution in [0.3, 0.4) is 0 Å². The molecule has 22 heavy (non-hydrogen) atoms. The van der Waals surface area contributed by atoms with E-state index in [0.717, 1.165) is 0 Å². The third kappa shape index (κ3) is 18.8. The third-order valence-electron chi connectivity index (χ3n) is 1.64. The zero-order valence-electron chi connectivity index (χ0n) is 12.1. The van der Waals surface area contributed by atoms with Crippen molar-refractivity contribution in [3.63, 3.8) is 0 Å². The number of aliphatic hydroxyl groups is 1. The van der Waals surface area contributed by atoms with E-state index in [-0.39, 0.29) is 22.6 Å². The van der Waals surface area contributed by atoms with Crippen molar-refractivity contribution in [2.24, 2.45) is 5.41 Å². The highest BCUT2D eigenvalue weighted by molar-refractivity contribution is 9.10. The largest absolute Gasteiger partial charge is 0.516 e. The van der Waals surface area contributed by atoms with Gasteiger partial charge in [-0.3, -0.25) is 3.83 Å². The lowest BCUT2D eigenvalue weighted by Gasteiger charge is -2.24. The molecule has 9 nitrogen and oxygen atoms in total. The van der Waals surface area contributed by atoms with Gasteiger partial charge < -0.3 is 25.2 Å². The quantitative estimate of drug-likeness (QED) is 0.218. The number of carbonyl (C=O) groups is 3. The summed E-state index contributed by atoms with van der Waals surface area (Å²) < 4.78 is 7.86. The fraction of sp³-hybridized carbons (Fsp3) is 0.545. The van der Waals surface area contributed by atoms with Gasteiger partial charge in [0, 0.05) is 11.0 Å². The zero-order chi connectivity index (χ0) is 18.5. The first-order chi connectivity index (χ1) is 9.81. The Bertz CT molecular complexity index is 358. The Morgan fingerprint density at radius 1 is 1.18 bits per heavy atom. The summed E-state index contributed by atoms with van der Waals surface area (Å²) in [5.41, 5.74) is -0.0706. The zero-order valence-corrected chi connectivity index (χ0v) is 15.2. The summed E-state index contributed by atoms with van der Waals surface area (Å²) in [6.07, 6.45) is -3.62.